The van der Waals surface area contributed by atoms with E-state index in [1.54, 1.807) is 0 Å². The summed E-state index contributed by atoms with van der Waals surface area (Å²) in [7, 11) is 0. The van der Waals surface area contributed by atoms with E-state index in [-0.39, 0.29) is 0 Å². The van der Waals surface area contributed by atoms with E-state index >= 15 is 0 Å². The van der Waals surface area contributed by atoms with Gasteiger partial charge in [-0.1, -0.05) is 24.9 Å². The summed E-state index contributed by atoms with van der Waals surface area (Å²) < 4.78 is 5.01. The van der Waals surface area contributed by atoms with E-state index in [2.05, 4.69) is 5.32 Å². The summed E-state index contributed by atoms with van der Waals surface area (Å²) in [5.74, 6) is 0. The maximum atomic E-state index is 11.1. The first-order valence-corrected chi connectivity index (χ1v) is 5.07. The number of ether oxygens (including phenoxy) is 1. The SMILES string of the molecule is CCC/C(Cl)=C/NC(=O)OC(C)(C)C. The number of rotatable bonds is 3. The minimum absolute atomic E-state index is 0.477. The number of allylic oxidation sites excluding steroid dienone is 1. The quantitative estimate of drug-likeness (QED) is 0.790. The van der Waals surface area contributed by atoms with Crippen LogP contribution in [-0.4, -0.2) is 11.7 Å². The molecule has 0 heterocycles. The molecule has 0 aromatic heterocycles. The van der Waals surface area contributed by atoms with Gasteiger partial charge in [-0.3, -0.25) is 5.32 Å². The van der Waals surface area contributed by atoms with Gasteiger partial charge in [0.25, 0.3) is 0 Å². The largest absolute Gasteiger partial charge is 0.444 e. The average molecular weight is 220 g/mol. The fraction of sp³-hybridized carbons (Fsp3) is 0.700. The Morgan fingerprint density at radius 3 is 2.50 bits per heavy atom. The van der Waals surface area contributed by atoms with Crippen LogP contribution < -0.4 is 5.32 Å². The minimum Gasteiger partial charge on any atom is -0.444 e. The molecule has 0 spiro atoms. The van der Waals surface area contributed by atoms with Crippen molar-refractivity contribution in [2.45, 2.75) is 46.1 Å². The number of carbonyl (C=O) groups is 1. The number of hydrogen-bond donors (Lipinski definition) is 1. The van der Waals surface area contributed by atoms with Crippen LogP contribution in [-0.2, 0) is 4.74 Å². The third-order valence-electron chi connectivity index (χ3n) is 1.23. The summed E-state index contributed by atoms with van der Waals surface area (Å²) in [4.78, 5) is 11.1. The molecule has 0 aromatic rings. The van der Waals surface area contributed by atoms with Crippen LogP contribution in [0.1, 0.15) is 40.5 Å². The summed E-state index contributed by atoms with van der Waals surface area (Å²) in [6.45, 7) is 7.45. The molecule has 1 amide bonds. The smallest absolute Gasteiger partial charge is 0.411 e. The van der Waals surface area contributed by atoms with E-state index in [1.807, 2.05) is 27.7 Å². The van der Waals surface area contributed by atoms with Gasteiger partial charge in [-0.25, -0.2) is 4.79 Å². The lowest BCUT2D eigenvalue weighted by atomic mass is 10.2. The van der Waals surface area contributed by atoms with Crippen molar-refractivity contribution in [3.05, 3.63) is 11.2 Å². The highest BCUT2D eigenvalue weighted by atomic mass is 35.5. The van der Waals surface area contributed by atoms with Gasteiger partial charge in [-0.05, 0) is 27.2 Å². The summed E-state index contributed by atoms with van der Waals surface area (Å²) in [6, 6.07) is 0. The van der Waals surface area contributed by atoms with Crippen LogP contribution >= 0.6 is 11.6 Å². The van der Waals surface area contributed by atoms with Crippen molar-refractivity contribution in [3.63, 3.8) is 0 Å². The second-order valence-corrected chi connectivity index (χ2v) is 4.47. The number of hydrogen-bond acceptors (Lipinski definition) is 2. The molecule has 0 aliphatic heterocycles. The van der Waals surface area contributed by atoms with Crippen LogP contribution in [0.15, 0.2) is 11.2 Å². The molecule has 0 bridgehead atoms. The topological polar surface area (TPSA) is 38.3 Å². The molecule has 0 radical (unpaired) electrons. The van der Waals surface area contributed by atoms with Gasteiger partial charge in [0, 0.05) is 11.2 Å². The highest BCUT2D eigenvalue weighted by molar-refractivity contribution is 6.29. The molecule has 0 atom stereocenters. The second kappa shape index (κ2) is 5.91. The summed E-state index contributed by atoms with van der Waals surface area (Å²) in [6.07, 6.45) is 2.70. The standard InChI is InChI=1S/C10H18ClNO2/c1-5-6-8(11)7-12-9(13)14-10(2,3)4/h7H,5-6H2,1-4H3,(H,12,13)/b8-7-. The van der Waals surface area contributed by atoms with Crippen molar-refractivity contribution < 1.29 is 9.53 Å². The van der Waals surface area contributed by atoms with Gasteiger partial charge in [0.2, 0.25) is 0 Å². The lowest BCUT2D eigenvalue weighted by Crippen LogP contribution is -2.29. The van der Waals surface area contributed by atoms with E-state index in [9.17, 15) is 4.79 Å². The molecule has 82 valence electrons. The average Bonchev–Trinajstić information content (AvgIpc) is 1.98. The molecule has 0 aliphatic rings. The number of nitrogens with one attached hydrogen (secondary N) is 1. The second-order valence-electron chi connectivity index (χ2n) is 3.99. The number of carbonyl (C=O) groups excluding carboxylic acids is 1. The van der Waals surface area contributed by atoms with Crippen LogP contribution in [0.4, 0.5) is 4.79 Å². The minimum atomic E-state index is -0.480. The third kappa shape index (κ3) is 7.92. The molecule has 14 heavy (non-hydrogen) atoms. The zero-order chi connectivity index (χ0) is 11.2. The fourth-order valence-corrected chi connectivity index (χ4v) is 0.999. The highest BCUT2D eigenvalue weighted by Crippen LogP contribution is 2.09. The van der Waals surface area contributed by atoms with Crippen molar-refractivity contribution in [1.29, 1.82) is 0 Å². The Kier molecular flexibility index (Phi) is 5.62. The first kappa shape index (κ1) is 13.3. The van der Waals surface area contributed by atoms with Crippen molar-refractivity contribution in [3.8, 4) is 0 Å². The van der Waals surface area contributed by atoms with Crippen molar-refractivity contribution in [2.24, 2.45) is 0 Å². The number of alkyl carbamates (subject to hydrolysis) is 1. The van der Waals surface area contributed by atoms with Crippen LogP contribution in [0.5, 0.6) is 0 Å². The molecule has 0 rings (SSSR count). The molecule has 0 aromatic carbocycles. The predicted octanol–water partition coefficient (Wildman–Crippen LogP) is 3.39. The molecule has 0 saturated heterocycles. The molecular formula is C10H18ClNO2. The third-order valence-corrected chi connectivity index (χ3v) is 1.53. The maximum Gasteiger partial charge on any atom is 0.411 e. The Morgan fingerprint density at radius 1 is 1.50 bits per heavy atom. The highest BCUT2D eigenvalue weighted by Gasteiger charge is 2.14. The van der Waals surface area contributed by atoms with E-state index in [0.717, 1.165) is 12.8 Å². The Hall–Kier alpha value is -0.700. The Morgan fingerprint density at radius 2 is 2.07 bits per heavy atom. The molecule has 1 N–H and O–H groups in total. The van der Waals surface area contributed by atoms with Crippen molar-refractivity contribution >= 4 is 17.7 Å². The van der Waals surface area contributed by atoms with Crippen LogP contribution in [0.2, 0.25) is 0 Å². The lowest BCUT2D eigenvalue weighted by Gasteiger charge is -2.18. The van der Waals surface area contributed by atoms with E-state index in [4.69, 9.17) is 16.3 Å². The maximum absolute atomic E-state index is 11.1. The molecular weight excluding hydrogens is 202 g/mol. The van der Waals surface area contributed by atoms with Crippen LogP contribution in [0, 0.1) is 0 Å². The van der Waals surface area contributed by atoms with Gasteiger partial charge < -0.3 is 4.74 Å². The normalized spacial score (nSPS) is 12.5. The van der Waals surface area contributed by atoms with Crippen molar-refractivity contribution in [2.75, 3.05) is 0 Å². The monoisotopic (exact) mass is 219 g/mol. The van der Waals surface area contributed by atoms with E-state index in [1.165, 1.54) is 6.20 Å². The summed E-state index contributed by atoms with van der Waals surface area (Å²) >= 11 is 5.79. The van der Waals surface area contributed by atoms with Gasteiger partial charge in [-0.2, -0.15) is 0 Å². The van der Waals surface area contributed by atoms with Gasteiger partial charge in [0.05, 0.1) is 0 Å². The van der Waals surface area contributed by atoms with Gasteiger partial charge in [-0.15, -0.1) is 0 Å². The van der Waals surface area contributed by atoms with Crippen LogP contribution in [0.25, 0.3) is 0 Å². The van der Waals surface area contributed by atoms with Gasteiger partial charge in [0.15, 0.2) is 0 Å². The van der Waals surface area contributed by atoms with Gasteiger partial charge in [0.1, 0.15) is 5.60 Å². The first-order valence-electron chi connectivity index (χ1n) is 4.69. The molecule has 4 heteroatoms. The number of halogens is 1. The Bertz CT molecular complexity index is 219. The summed E-state index contributed by atoms with van der Waals surface area (Å²) in [5, 5.41) is 3.09. The predicted molar refractivity (Wildman–Crippen MR) is 58.2 cm³/mol. The lowest BCUT2D eigenvalue weighted by molar-refractivity contribution is 0.0552. The molecule has 0 fully saturated rings. The van der Waals surface area contributed by atoms with Crippen LogP contribution in [0.3, 0.4) is 0 Å². The van der Waals surface area contributed by atoms with Crippen molar-refractivity contribution in [1.82, 2.24) is 5.32 Å². The van der Waals surface area contributed by atoms with E-state index in [0.29, 0.717) is 5.03 Å². The molecule has 0 unspecified atom stereocenters. The fourth-order valence-electron chi connectivity index (χ4n) is 0.756. The first-order chi connectivity index (χ1) is 6.35. The zero-order valence-corrected chi connectivity index (χ0v) is 9.94. The Balaban J connectivity index is 3.90. The molecule has 3 nitrogen and oxygen atoms in total. The van der Waals surface area contributed by atoms with Gasteiger partial charge >= 0.3 is 6.09 Å². The molecule has 0 aliphatic carbocycles. The number of amides is 1. The zero-order valence-electron chi connectivity index (χ0n) is 9.19. The Labute approximate surface area is 90.5 Å². The summed E-state index contributed by atoms with van der Waals surface area (Å²) in [5.41, 5.74) is -0.477. The van der Waals surface area contributed by atoms with E-state index < -0.39 is 11.7 Å². The molecule has 0 saturated carbocycles.